The zero-order valence-corrected chi connectivity index (χ0v) is 13.5. The molecule has 114 valence electrons. The second-order valence-electron chi connectivity index (χ2n) is 4.35. The summed E-state index contributed by atoms with van der Waals surface area (Å²) < 4.78 is 12.1. The van der Waals surface area contributed by atoms with Crippen LogP contribution in [-0.2, 0) is 9.47 Å². The van der Waals surface area contributed by atoms with Gasteiger partial charge in [0.25, 0.3) is 0 Å². The van der Waals surface area contributed by atoms with Crippen molar-refractivity contribution < 1.29 is 14.7 Å². The molecule has 0 heterocycles. The van der Waals surface area contributed by atoms with Crippen LogP contribution in [0.4, 0.5) is 5.69 Å². The summed E-state index contributed by atoms with van der Waals surface area (Å²) in [7, 11) is 0. The van der Waals surface area contributed by atoms with E-state index in [0.717, 1.165) is 9.86 Å². The molecule has 0 amide bonds. The zero-order chi connectivity index (χ0) is 15.4. The van der Waals surface area contributed by atoms with Crippen molar-refractivity contribution in [3.05, 3.63) is 45.6 Å². The van der Waals surface area contributed by atoms with E-state index in [1.807, 2.05) is 32.0 Å². The van der Waals surface area contributed by atoms with Crippen LogP contribution >= 0.6 is 15.9 Å². The number of anilines is 1. The van der Waals surface area contributed by atoms with Crippen molar-refractivity contribution in [2.24, 2.45) is 0 Å². The molecular weight excluding hydrogens is 338 g/mol. The highest BCUT2D eigenvalue weighted by atomic mass is 79.9. The van der Waals surface area contributed by atoms with Crippen molar-refractivity contribution in [1.29, 1.82) is 0 Å². The topological polar surface area (TPSA) is 65.0 Å². The minimum Gasteiger partial charge on any atom is -0.733 e. The summed E-state index contributed by atoms with van der Waals surface area (Å²) in [6.07, 6.45) is -0.586. The first-order valence-corrected chi connectivity index (χ1v) is 7.49. The normalized spacial score (nSPS) is 11.3. The molecule has 21 heavy (non-hydrogen) atoms. The number of hydrogen-bond acceptors (Lipinski definition) is 5. The van der Waals surface area contributed by atoms with Gasteiger partial charge in [0.15, 0.2) is 6.29 Å². The van der Waals surface area contributed by atoms with E-state index in [1.165, 1.54) is 0 Å². The monoisotopic (exact) mass is 354 g/mol. The summed E-state index contributed by atoms with van der Waals surface area (Å²) in [5.41, 5.74) is 0.871. The molecule has 6 heteroatoms. The fourth-order valence-corrected chi connectivity index (χ4v) is 2.73. The van der Waals surface area contributed by atoms with Crippen LogP contribution in [0.3, 0.4) is 0 Å². The smallest absolute Gasteiger partial charge is 0.184 e. The van der Waals surface area contributed by atoms with Gasteiger partial charge in [-0.2, -0.15) is 0 Å². The second kappa shape index (κ2) is 7.20. The largest absolute Gasteiger partial charge is 0.733 e. The minimum absolute atomic E-state index is 0.132. The van der Waals surface area contributed by atoms with Crippen LogP contribution in [0.1, 0.15) is 25.7 Å². The molecule has 2 aromatic rings. The van der Waals surface area contributed by atoms with E-state index in [0.29, 0.717) is 24.2 Å². The average Bonchev–Trinajstić information content (AvgIpc) is 2.47. The van der Waals surface area contributed by atoms with Crippen molar-refractivity contribution in [2.75, 3.05) is 18.4 Å². The SMILES string of the molecule is CCOC(OCC)c1cccc2c(Br)ccc(N([O-])O)c12. The number of halogens is 1. The average molecular weight is 355 g/mol. The summed E-state index contributed by atoms with van der Waals surface area (Å²) in [5, 5.41) is 22.1. The Balaban J connectivity index is 2.70. The lowest BCUT2D eigenvalue weighted by Crippen LogP contribution is -2.12. The fraction of sp³-hybridized carbons (Fsp3) is 0.333. The van der Waals surface area contributed by atoms with Crippen molar-refractivity contribution in [1.82, 2.24) is 0 Å². The molecule has 0 spiro atoms. The molecule has 0 aromatic heterocycles. The summed E-state index contributed by atoms with van der Waals surface area (Å²) >= 11 is 3.46. The fourth-order valence-electron chi connectivity index (χ4n) is 2.27. The maximum atomic E-state index is 11.4. The van der Waals surface area contributed by atoms with E-state index in [1.54, 1.807) is 12.1 Å². The Bertz CT molecular complexity index is 612. The lowest BCUT2D eigenvalue weighted by molar-refractivity contribution is -0.139. The molecule has 2 rings (SSSR count). The number of ether oxygens (including phenoxy) is 2. The van der Waals surface area contributed by atoms with Gasteiger partial charge in [0.05, 0.1) is 5.69 Å². The molecule has 0 radical (unpaired) electrons. The van der Waals surface area contributed by atoms with Gasteiger partial charge in [-0.3, -0.25) is 5.21 Å². The van der Waals surface area contributed by atoms with Gasteiger partial charge in [0.1, 0.15) is 0 Å². The van der Waals surface area contributed by atoms with Gasteiger partial charge >= 0.3 is 0 Å². The molecule has 1 N–H and O–H groups in total. The number of hydrogen-bond donors (Lipinski definition) is 1. The molecule has 0 saturated carbocycles. The van der Waals surface area contributed by atoms with E-state index >= 15 is 0 Å². The van der Waals surface area contributed by atoms with E-state index in [-0.39, 0.29) is 10.9 Å². The first kappa shape index (κ1) is 16.2. The lowest BCUT2D eigenvalue weighted by Gasteiger charge is -2.27. The van der Waals surface area contributed by atoms with Crippen molar-refractivity contribution in [3.8, 4) is 0 Å². The predicted molar refractivity (Wildman–Crippen MR) is 85.3 cm³/mol. The van der Waals surface area contributed by atoms with Gasteiger partial charge in [0, 0.05) is 28.6 Å². The van der Waals surface area contributed by atoms with Crippen molar-refractivity contribution in [2.45, 2.75) is 20.1 Å². The molecule has 2 aromatic carbocycles. The van der Waals surface area contributed by atoms with Crippen LogP contribution < -0.4 is 5.23 Å². The van der Waals surface area contributed by atoms with Crippen LogP contribution in [0.2, 0.25) is 0 Å². The first-order chi connectivity index (χ1) is 10.1. The van der Waals surface area contributed by atoms with Gasteiger partial charge in [-0.05, 0) is 31.4 Å². The predicted octanol–water partition coefficient (Wildman–Crippen LogP) is 4.37. The highest BCUT2D eigenvalue weighted by Gasteiger charge is 2.18. The van der Waals surface area contributed by atoms with Crippen LogP contribution in [0.15, 0.2) is 34.8 Å². The zero-order valence-electron chi connectivity index (χ0n) is 11.9. The van der Waals surface area contributed by atoms with E-state index in [4.69, 9.17) is 9.47 Å². The molecule has 0 aliphatic carbocycles. The molecule has 0 fully saturated rings. The number of nitrogens with zero attached hydrogens (tertiary/aromatic N) is 1. The molecule has 0 saturated heterocycles. The Morgan fingerprint density at radius 3 is 2.43 bits per heavy atom. The van der Waals surface area contributed by atoms with E-state index in [2.05, 4.69) is 15.9 Å². The van der Waals surface area contributed by atoms with Gasteiger partial charge in [-0.1, -0.05) is 34.1 Å². The summed E-state index contributed by atoms with van der Waals surface area (Å²) in [5.74, 6) is 0. The molecule has 0 aliphatic heterocycles. The number of benzene rings is 2. The minimum atomic E-state index is -0.586. The quantitative estimate of drug-likeness (QED) is 0.616. The first-order valence-electron chi connectivity index (χ1n) is 6.70. The van der Waals surface area contributed by atoms with Gasteiger partial charge < -0.3 is 19.9 Å². The highest BCUT2D eigenvalue weighted by Crippen LogP contribution is 2.37. The second-order valence-corrected chi connectivity index (χ2v) is 5.21. The van der Waals surface area contributed by atoms with E-state index in [9.17, 15) is 10.4 Å². The summed E-state index contributed by atoms with van der Waals surface area (Å²) in [4.78, 5) is 0. The Labute approximate surface area is 131 Å². The molecule has 0 atom stereocenters. The maximum Gasteiger partial charge on any atom is 0.184 e. The van der Waals surface area contributed by atoms with Crippen LogP contribution in [0, 0.1) is 5.21 Å². The van der Waals surface area contributed by atoms with E-state index < -0.39 is 6.29 Å². The van der Waals surface area contributed by atoms with Crippen LogP contribution in [0.25, 0.3) is 10.8 Å². The highest BCUT2D eigenvalue weighted by molar-refractivity contribution is 9.10. The third-order valence-corrected chi connectivity index (χ3v) is 3.79. The maximum absolute atomic E-state index is 11.4. The third-order valence-electron chi connectivity index (χ3n) is 3.09. The lowest BCUT2D eigenvalue weighted by atomic mass is 10.0. The Hall–Kier alpha value is -1.18. The third kappa shape index (κ3) is 3.36. The van der Waals surface area contributed by atoms with Crippen molar-refractivity contribution in [3.63, 3.8) is 0 Å². The Morgan fingerprint density at radius 1 is 1.19 bits per heavy atom. The molecular formula is C15H17BrNO4-. The van der Waals surface area contributed by atoms with Gasteiger partial charge in [-0.15, -0.1) is 0 Å². The van der Waals surface area contributed by atoms with Gasteiger partial charge in [0.2, 0.25) is 0 Å². The summed E-state index contributed by atoms with van der Waals surface area (Å²) in [6, 6.07) is 8.84. The molecule has 0 bridgehead atoms. The van der Waals surface area contributed by atoms with Crippen LogP contribution in [0.5, 0.6) is 0 Å². The molecule has 0 aliphatic rings. The Kier molecular flexibility index (Phi) is 5.55. The molecule has 5 nitrogen and oxygen atoms in total. The Morgan fingerprint density at radius 2 is 1.86 bits per heavy atom. The number of fused-ring (bicyclic) bond motifs is 1. The van der Waals surface area contributed by atoms with Crippen molar-refractivity contribution >= 4 is 32.4 Å². The summed E-state index contributed by atoms with van der Waals surface area (Å²) in [6.45, 7) is 4.70. The molecule has 0 unspecified atom stereocenters. The van der Waals surface area contributed by atoms with Gasteiger partial charge in [-0.25, -0.2) is 0 Å². The van der Waals surface area contributed by atoms with Crippen LogP contribution in [-0.4, -0.2) is 18.4 Å². The standard InChI is InChI=1S/C15H17BrNO4/c1-3-20-15(21-4-2)11-7-5-6-10-12(16)8-9-13(14(10)11)17(18)19/h5-9,15,18H,3-4H2,1-2H3/q-1. The number of rotatable bonds is 6.